The molecule has 0 radical (unpaired) electrons. The Labute approximate surface area is 115 Å². The van der Waals surface area contributed by atoms with Crippen LogP contribution in [-0.4, -0.2) is 9.55 Å². The van der Waals surface area contributed by atoms with Gasteiger partial charge in [-0.3, -0.25) is 0 Å². The molecular formula is C12H10BrF3N2. The Balaban J connectivity index is 2.57. The van der Waals surface area contributed by atoms with Crippen molar-refractivity contribution < 1.29 is 17.3 Å². The van der Waals surface area contributed by atoms with E-state index < -0.39 is 18.8 Å². The largest absolute Gasteiger partial charge is 0.434 e. The number of aromatic nitrogens is 2. The van der Waals surface area contributed by atoms with Crippen LogP contribution < -0.4 is 0 Å². The number of rotatable bonds is 2. The zero-order valence-electron chi connectivity index (χ0n) is 12.0. The maximum absolute atomic E-state index is 12.7. The van der Waals surface area contributed by atoms with E-state index in [1.165, 1.54) is 0 Å². The smallest absolute Gasteiger partial charge is 0.333 e. The summed E-state index contributed by atoms with van der Waals surface area (Å²) in [6.45, 7) is -2.74. The highest BCUT2D eigenvalue weighted by atomic mass is 79.9. The fourth-order valence-electron chi connectivity index (χ4n) is 1.46. The molecule has 1 aromatic heterocycles. The summed E-state index contributed by atoms with van der Waals surface area (Å²) >= 11 is 3.26. The van der Waals surface area contributed by atoms with Gasteiger partial charge in [-0.25, -0.2) is 4.98 Å². The van der Waals surface area contributed by atoms with Gasteiger partial charge in [0.15, 0.2) is 5.69 Å². The minimum absolute atomic E-state index is 0.233. The summed E-state index contributed by atoms with van der Waals surface area (Å²) in [5, 5.41) is 0.592. The molecule has 6 heteroatoms. The van der Waals surface area contributed by atoms with Crippen molar-refractivity contribution in [1.29, 1.82) is 0 Å². The van der Waals surface area contributed by atoms with Crippen LogP contribution in [0.5, 0.6) is 0 Å². The molecule has 1 heterocycles. The predicted octanol–water partition coefficient (Wildman–Crippen LogP) is 4.00. The highest BCUT2D eigenvalue weighted by molar-refractivity contribution is 9.08. The summed E-state index contributed by atoms with van der Waals surface area (Å²) in [4.78, 5) is 3.44. The summed E-state index contributed by atoms with van der Waals surface area (Å²) in [6.07, 6.45) is -4.18. The van der Waals surface area contributed by atoms with Gasteiger partial charge in [0.2, 0.25) is 0 Å². The molecule has 96 valence electrons. The van der Waals surface area contributed by atoms with E-state index in [2.05, 4.69) is 20.9 Å². The third-order valence-corrected chi connectivity index (χ3v) is 3.01. The number of nitrogens with zero attached hydrogens (tertiary/aromatic N) is 2. The van der Waals surface area contributed by atoms with Crippen LogP contribution in [0.15, 0.2) is 30.5 Å². The monoisotopic (exact) mass is 321 g/mol. The van der Waals surface area contributed by atoms with Crippen molar-refractivity contribution in [1.82, 2.24) is 9.55 Å². The van der Waals surface area contributed by atoms with E-state index in [9.17, 15) is 13.2 Å². The predicted molar refractivity (Wildman–Crippen MR) is 66.3 cm³/mol. The van der Waals surface area contributed by atoms with Crippen molar-refractivity contribution in [2.24, 2.45) is 6.98 Å². The number of hydrogen-bond acceptors (Lipinski definition) is 1. The number of halogens is 4. The molecule has 0 N–H and O–H groups in total. The molecule has 0 unspecified atom stereocenters. The molecule has 0 saturated heterocycles. The Hall–Kier alpha value is -1.30. The molecule has 2 nitrogen and oxygen atoms in total. The maximum Gasteiger partial charge on any atom is 0.434 e. The topological polar surface area (TPSA) is 17.8 Å². The summed E-state index contributed by atoms with van der Waals surface area (Å²) in [6, 6.07) is 6.47. The van der Waals surface area contributed by atoms with Gasteiger partial charge in [-0.15, -0.1) is 0 Å². The number of alkyl halides is 4. The first kappa shape index (κ1) is 9.61. The second-order valence-electron chi connectivity index (χ2n) is 3.65. The quantitative estimate of drug-likeness (QED) is 0.764. The Morgan fingerprint density at radius 3 is 2.50 bits per heavy atom. The van der Waals surface area contributed by atoms with E-state index in [1.54, 1.807) is 24.3 Å². The first-order valence-electron chi connectivity index (χ1n) is 6.45. The first-order valence-corrected chi connectivity index (χ1v) is 6.07. The van der Waals surface area contributed by atoms with E-state index in [0.29, 0.717) is 21.7 Å². The van der Waals surface area contributed by atoms with Crippen LogP contribution in [0.2, 0.25) is 0 Å². The van der Waals surface area contributed by atoms with E-state index in [-0.39, 0.29) is 5.82 Å². The van der Waals surface area contributed by atoms with Gasteiger partial charge in [-0.2, -0.15) is 13.2 Å². The lowest BCUT2D eigenvalue weighted by atomic mass is 10.1. The van der Waals surface area contributed by atoms with Gasteiger partial charge < -0.3 is 4.57 Å². The average Bonchev–Trinajstić information content (AvgIpc) is 2.83. The van der Waals surface area contributed by atoms with Crippen LogP contribution in [0, 0.1) is 0 Å². The highest BCUT2D eigenvalue weighted by Crippen LogP contribution is 2.30. The van der Waals surface area contributed by atoms with Crippen molar-refractivity contribution in [3.05, 3.63) is 41.7 Å². The van der Waals surface area contributed by atoms with Crippen molar-refractivity contribution in [3.8, 4) is 11.4 Å². The molecule has 0 aliphatic rings. The van der Waals surface area contributed by atoms with Crippen LogP contribution in [0.25, 0.3) is 11.4 Å². The standard InChI is InChI=1S/C12H10BrF3N2/c1-18-7-10(12(14,15)16)17-11(18)9-4-2-8(6-13)3-5-9/h2-5,7H,6H2,1H3/i1D3. The zero-order chi connectivity index (χ0) is 15.8. The molecule has 2 aromatic rings. The molecule has 0 spiro atoms. The average molecular weight is 322 g/mol. The number of imidazole rings is 1. The SMILES string of the molecule is [2H]C([2H])([2H])n1cc(C(F)(F)F)nc1-c1ccc(CBr)cc1. The van der Waals surface area contributed by atoms with Crippen LogP contribution in [0.4, 0.5) is 13.2 Å². The van der Waals surface area contributed by atoms with E-state index in [4.69, 9.17) is 4.11 Å². The lowest BCUT2D eigenvalue weighted by Crippen LogP contribution is -2.04. The third kappa shape index (κ3) is 2.58. The summed E-state index contributed by atoms with van der Waals surface area (Å²) < 4.78 is 60.8. The van der Waals surface area contributed by atoms with Gasteiger partial charge in [-0.1, -0.05) is 40.2 Å². The molecule has 2 rings (SSSR count). The number of aryl methyl sites for hydroxylation is 1. The number of benzene rings is 1. The van der Waals surface area contributed by atoms with Gasteiger partial charge >= 0.3 is 6.18 Å². The zero-order valence-corrected chi connectivity index (χ0v) is 10.6. The number of hydrogen-bond donors (Lipinski definition) is 0. The molecular weight excluding hydrogens is 309 g/mol. The molecule has 0 atom stereocenters. The third-order valence-electron chi connectivity index (χ3n) is 2.36. The minimum atomic E-state index is -4.69. The molecule has 0 bridgehead atoms. The Kier molecular flexibility index (Phi) is 2.54. The van der Waals surface area contributed by atoms with Gasteiger partial charge in [-0.05, 0) is 5.56 Å². The fraction of sp³-hybridized carbons (Fsp3) is 0.250. The maximum atomic E-state index is 12.7. The Bertz CT molecular complexity index is 633. The molecule has 0 aliphatic carbocycles. The molecule has 0 fully saturated rings. The Morgan fingerprint density at radius 2 is 2.00 bits per heavy atom. The van der Waals surface area contributed by atoms with Gasteiger partial charge in [0.05, 0.1) is 0 Å². The lowest BCUT2D eigenvalue weighted by Gasteiger charge is -2.02. The molecule has 1 aromatic carbocycles. The van der Waals surface area contributed by atoms with E-state index in [0.717, 1.165) is 5.56 Å². The second-order valence-corrected chi connectivity index (χ2v) is 4.21. The van der Waals surface area contributed by atoms with Crippen molar-refractivity contribution in [2.45, 2.75) is 11.5 Å². The minimum Gasteiger partial charge on any atom is -0.333 e. The van der Waals surface area contributed by atoms with E-state index in [1.807, 2.05) is 0 Å². The molecule has 18 heavy (non-hydrogen) atoms. The van der Waals surface area contributed by atoms with E-state index >= 15 is 0 Å². The van der Waals surface area contributed by atoms with Gasteiger partial charge in [0, 0.05) is 28.2 Å². The second kappa shape index (κ2) is 4.76. The van der Waals surface area contributed by atoms with Gasteiger partial charge in [0.25, 0.3) is 0 Å². The van der Waals surface area contributed by atoms with Gasteiger partial charge in [0.1, 0.15) is 5.82 Å². The normalized spacial score (nSPS) is 15.0. The molecule has 0 aliphatic heterocycles. The first-order chi connectivity index (χ1) is 9.63. The van der Waals surface area contributed by atoms with Crippen LogP contribution >= 0.6 is 15.9 Å². The van der Waals surface area contributed by atoms with Crippen molar-refractivity contribution in [3.63, 3.8) is 0 Å². The lowest BCUT2D eigenvalue weighted by molar-refractivity contribution is -0.140. The summed E-state index contributed by atoms with van der Waals surface area (Å²) in [5.74, 6) is -0.233. The molecule has 0 amide bonds. The van der Waals surface area contributed by atoms with Crippen LogP contribution in [0.3, 0.4) is 0 Å². The van der Waals surface area contributed by atoms with Crippen LogP contribution in [0.1, 0.15) is 15.4 Å². The van der Waals surface area contributed by atoms with Crippen molar-refractivity contribution in [2.75, 3.05) is 0 Å². The summed E-state index contributed by atoms with van der Waals surface area (Å²) in [5.41, 5.74) is 0.00584. The Morgan fingerprint density at radius 1 is 1.33 bits per heavy atom. The van der Waals surface area contributed by atoms with Crippen molar-refractivity contribution >= 4 is 15.9 Å². The summed E-state index contributed by atoms with van der Waals surface area (Å²) in [7, 11) is 0. The van der Waals surface area contributed by atoms with Crippen LogP contribution in [-0.2, 0) is 18.5 Å². The fourth-order valence-corrected chi connectivity index (χ4v) is 1.84. The highest BCUT2D eigenvalue weighted by Gasteiger charge is 2.34. The molecule has 0 saturated carbocycles.